The van der Waals surface area contributed by atoms with Crippen molar-refractivity contribution in [3.8, 4) is 5.75 Å². The quantitative estimate of drug-likeness (QED) is 0.189. The fourth-order valence-electron chi connectivity index (χ4n) is 3.31. The summed E-state index contributed by atoms with van der Waals surface area (Å²) in [7, 11) is 0. The van der Waals surface area contributed by atoms with Crippen LogP contribution in [-0.4, -0.2) is 35.0 Å². The zero-order valence-corrected chi connectivity index (χ0v) is 19.3. The summed E-state index contributed by atoms with van der Waals surface area (Å²) in [6.45, 7) is 1.97. The molecule has 33 heavy (non-hydrogen) atoms. The van der Waals surface area contributed by atoms with Crippen molar-refractivity contribution in [2.24, 2.45) is 0 Å². The largest absolute Gasteiger partial charge is 0.508 e. The Hall–Kier alpha value is -3.40. The molecule has 9 heteroatoms. The van der Waals surface area contributed by atoms with Gasteiger partial charge in [0.15, 0.2) is 6.10 Å². The average molecular weight is 515 g/mol. The molecule has 3 aromatic carbocycles. The van der Waals surface area contributed by atoms with Crippen molar-refractivity contribution in [3.63, 3.8) is 0 Å². The van der Waals surface area contributed by atoms with Crippen LogP contribution in [0.2, 0.25) is 0 Å². The minimum atomic E-state index is -1.11. The van der Waals surface area contributed by atoms with E-state index in [1.165, 1.54) is 17.6 Å². The van der Waals surface area contributed by atoms with Gasteiger partial charge in [0.05, 0.1) is 5.69 Å². The molecule has 0 aromatic heterocycles. The number of amides is 2. The molecule has 0 spiro atoms. The molecule has 4 N–H and O–H groups in total. The second-order valence-corrected chi connectivity index (χ2v) is 7.85. The minimum Gasteiger partial charge on any atom is -0.508 e. The van der Waals surface area contributed by atoms with Gasteiger partial charge in [-0.1, -0.05) is 52.3 Å². The van der Waals surface area contributed by atoms with Crippen molar-refractivity contribution < 1.29 is 29.4 Å². The Morgan fingerprint density at radius 1 is 1.12 bits per heavy atom. The molecule has 172 valence electrons. The number of carbonyl (C=O) groups is 2. The fourth-order valence-corrected chi connectivity index (χ4v) is 3.68. The molecule has 2 amide bonds. The first-order valence-corrected chi connectivity index (χ1v) is 10.9. The average Bonchev–Trinajstić information content (AvgIpc) is 2.82. The van der Waals surface area contributed by atoms with Crippen molar-refractivity contribution in [1.82, 2.24) is 5.48 Å². The molecule has 0 saturated heterocycles. The van der Waals surface area contributed by atoms with Crippen LogP contribution in [0.4, 0.5) is 10.5 Å². The normalized spacial score (nSPS) is 12.9. The molecular formula is C24H23BrN2O6. The lowest BCUT2D eigenvalue weighted by Crippen LogP contribution is -2.28. The van der Waals surface area contributed by atoms with Gasteiger partial charge in [-0.3, -0.25) is 15.3 Å². The highest BCUT2D eigenvalue weighted by Gasteiger charge is 2.29. The van der Waals surface area contributed by atoms with Crippen LogP contribution in [0.1, 0.15) is 18.6 Å². The lowest BCUT2D eigenvalue weighted by molar-refractivity contribution is -0.124. The summed E-state index contributed by atoms with van der Waals surface area (Å²) in [6, 6.07) is 17.7. The molecule has 3 rings (SSSR count). The first kappa shape index (κ1) is 24.2. The number of anilines is 1. The zero-order valence-electron chi connectivity index (χ0n) is 17.7. The summed E-state index contributed by atoms with van der Waals surface area (Å²) in [5.41, 5.74) is 2.32. The smallest absolute Gasteiger partial charge is 0.412 e. The predicted octanol–water partition coefficient (Wildman–Crippen LogP) is 5.06. The highest BCUT2D eigenvalue weighted by molar-refractivity contribution is 9.10. The Kier molecular flexibility index (Phi) is 8.42. The van der Waals surface area contributed by atoms with E-state index in [1.54, 1.807) is 25.1 Å². The highest BCUT2D eigenvalue weighted by Crippen LogP contribution is 2.34. The number of ether oxygens (including phenoxy) is 2. The van der Waals surface area contributed by atoms with Crippen molar-refractivity contribution in [1.29, 1.82) is 0 Å². The summed E-state index contributed by atoms with van der Waals surface area (Å²) in [4.78, 5) is 24.4. The third-order valence-corrected chi connectivity index (χ3v) is 5.25. The van der Waals surface area contributed by atoms with E-state index in [9.17, 15) is 14.7 Å². The number of benzene rings is 3. The third-order valence-electron chi connectivity index (χ3n) is 4.76. The summed E-state index contributed by atoms with van der Waals surface area (Å²) in [5.74, 6) is -0.900. The number of hydrogen-bond donors (Lipinski definition) is 4. The lowest BCUT2D eigenvalue weighted by atomic mass is 10.0. The molecule has 3 aromatic rings. The Morgan fingerprint density at radius 3 is 2.64 bits per heavy atom. The molecule has 8 nitrogen and oxygen atoms in total. The van der Waals surface area contributed by atoms with E-state index in [0.29, 0.717) is 10.2 Å². The van der Waals surface area contributed by atoms with Gasteiger partial charge in [-0.2, -0.15) is 0 Å². The topological polar surface area (TPSA) is 117 Å². The van der Waals surface area contributed by atoms with Gasteiger partial charge in [-0.05, 0) is 42.7 Å². The maximum absolute atomic E-state index is 12.9. The molecule has 0 heterocycles. The van der Waals surface area contributed by atoms with E-state index in [1.807, 2.05) is 36.4 Å². The van der Waals surface area contributed by atoms with E-state index in [0.717, 1.165) is 16.8 Å². The number of fused-ring (bicyclic) bond motifs is 1. The molecular weight excluding hydrogens is 492 g/mol. The van der Waals surface area contributed by atoms with Crippen molar-refractivity contribution in [3.05, 3.63) is 82.9 Å². The number of hydroxylamine groups is 1. The van der Waals surface area contributed by atoms with Crippen LogP contribution < -0.4 is 10.8 Å². The molecule has 0 aliphatic heterocycles. The van der Waals surface area contributed by atoms with Crippen LogP contribution in [0, 0.1) is 0 Å². The van der Waals surface area contributed by atoms with E-state index >= 15 is 0 Å². The summed E-state index contributed by atoms with van der Waals surface area (Å²) < 4.78 is 12.0. The SMILES string of the molecule is CCO[C@@H](/C=C/C(=O)NO)[C@@H](OC(=O)Nc1cccc2ccccc12)c1cc(Br)ccc1O. The molecule has 0 aliphatic rings. The van der Waals surface area contributed by atoms with Crippen molar-refractivity contribution >= 4 is 44.4 Å². The van der Waals surface area contributed by atoms with E-state index < -0.39 is 24.2 Å². The van der Waals surface area contributed by atoms with E-state index in [2.05, 4.69) is 21.2 Å². The molecule has 0 fully saturated rings. The number of hydrogen-bond acceptors (Lipinski definition) is 6. The first-order valence-electron chi connectivity index (χ1n) is 10.1. The maximum Gasteiger partial charge on any atom is 0.412 e. The summed E-state index contributed by atoms with van der Waals surface area (Å²) >= 11 is 3.35. The Balaban J connectivity index is 1.94. The van der Waals surface area contributed by atoms with Crippen LogP contribution >= 0.6 is 15.9 Å². The van der Waals surface area contributed by atoms with Crippen LogP contribution in [0.15, 0.2) is 77.3 Å². The molecule has 0 unspecified atom stereocenters. The Bertz CT molecular complexity index is 1160. The van der Waals surface area contributed by atoms with Crippen LogP contribution in [0.5, 0.6) is 5.75 Å². The van der Waals surface area contributed by atoms with Crippen molar-refractivity contribution in [2.75, 3.05) is 11.9 Å². The number of carbonyl (C=O) groups excluding carboxylic acids is 2. The number of aromatic hydroxyl groups is 1. The van der Waals surface area contributed by atoms with Crippen LogP contribution in [0.3, 0.4) is 0 Å². The minimum absolute atomic E-state index is 0.120. The van der Waals surface area contributed by atoms with Gasteiger partial charge in [0.2, 0.25) is 0 Å². The molecule has 2 atom stereocenters. The molecule has 0 bridgehead atoms. The first-order chi connectivity index (χ1) is 15.9. The number of nitrogens with one attached hydrogen (secondary N) is 2. The third kappa shape index (κ3) is 6.32. The van der Waals surface area contributed by atoms with E-state index in [-0.39, 0.29) is 17.9 Å². The van der Waals surface area contributed by atoms with Gasteiger partial charge in [0, 0.05) is 28.1 Å². The predicted molar refractivity (Wildman–Crippen MR) is 127 cm³/mol. The van der Waals surface area contributed by atoms with Gasteiger partial charge in [0.1, 0.15) is 11.9 Å². The summed E-state index contributed by atoms with van der Waals surface area (Å²) in [6.07, 6.45) is -0.439. The summed E-state index contributed by atoms with van der Waals surface area (Å²) in [5, 5.41) is 23.8. The Morgan fingerprint density at radius 2 is 1.88 bits per heavy atom. The van der Waals surface area contributed by atoms with Gasteiger partial charge >= 0.3 is 6.09 Å². The number of phenols is 1. The standard InChI is InChI=1S/C24H23BrN2O6/c1-2-32-21(12-13-22(29)27-31)23(18-14-16(25)10-11-20(18)28)33-24(30)26-19-9-5-7-15-6-3-4-8-17(15)19/h3-14,21,23,28,31H,2H2,1H3,(H,26,30)(H,27,29)/b13-12+/t21-,23-/m0/s1. The Labute approximate surface area is 198 Å². The molecule has 0 saturated carbocycles. The highest BCUT2D eigenvalue weighted by atomic mass is 79.9. The maximum atomic E-state index is 12.9. The van der Waals surface area contributed by atoms with Crippen molar-refractivity contribution in [2.45, 2.75) is 19.1 Å². The number of rotatable bonds is 8. The number of halogens is 1. The molecule has 0 radical (unpaired) electrons. The van der Waals surface area contributed by atoms with Gasteiger partial charge < -0.3 is 14.6 Å². The lowest BCUT2D eigenvalue weighted by Gasteiger charge is -2.26. The second-order valence-electron chi connectivity index (χ2n) is 6.94. The van der Waals surface area contributed by atoms with Crippen LogP contribution in [0.25, 0.3) is 10.8 Å². The monoisotopic (exact) mass is 514 g/mol. The zero-order chi connectivity index (χ0) is 23.8. The van der Waals surface area contributed by atoms with Gasteiger partial charge in [0.25, 0.3) is 5.91 Å². The van der Waals surface area contributed by atoms with E-state index in [4.69, 9.17) is 14.7 Å². The van der Waals surface area contributed by atoms with Crippen LogP contribution in [-0.2, 0) is 14.3 Å². The number of phenolic OH excluding ortho intramolecular Hbond substituents is 1. The van der Waals surface area contributed by atoms with Gasteiger partial charge in [-0.15, -0.1) is 0 Å². The van der Waals surface area contributed by atoms with Gasteiger partial charge in [-0.25, -0.2) is 10.3 Å². The molecule has 0 aliphatic carbocycles. The fraction of sp³-hybridized carbons (Fsp3) is 0.167. The second kappa shape index (κ2) is 11.5.